The van der Waals surface area contributed by atoms with Gasteiger partial charge in [0.25, 0.3) is 0 Å². The first-order chi connectivity index (χ1) is 8.54. The molecule has 0 unspecified atom stereocenters. The highest BCUT2D eigenvalue weighted by molar-refractivity contribution is 5.59. The molecule has 0 spiro atoms. The fraction of sp³-hybridized carbons (Fsp3) is 0.571. The molecule has 0 bridgehead atoms. The molecule has 1 aromatic rings. The van der Waals surface area contributed by atoms with Crippen LogP contribution < -0.4 is 5.32 Å². The molecule has 18 heavy (non-hydrogen) atoms. The average molecular weight is 247 g/mol. The van der Waals surface area contributed by atoms with E-state index in [1.165, 1.54) is 0 Å². The van der Waals surface area contributed by atoms with Gasteiger partial charge in [0.1, 0.15) is 6.07 Å². The van der Waals surface area contributed by atoms with Crippen molar-refractivity contribution in [3.05, 3.63) is 23.0 Å². The van der Waals surface area contributed by atoms with E-state index in [-0.39, 0.29) is 0 Å². The van der Waals surface area contributed by atoms with Gasteiger partial charge in [0, 0.05) is 18.8 Å². The fourth-order valence-corrected chi connectivity index (χ4v) is 1.69. The molecule has 4 nitrogen and oxygen atoms in total. The molecule has 0 aromatic carbocycles. The zero-order valence-corrected chi connectivity index (χ0v) is 11.6. The van der Waals surface area contributed by atoms with Crippen LogP contribution in [0.25, 0.3) is 0 Å². The van der Waals surface area contributed by atoms with Gasteiger partial charge in [-0.05, 0) is 25.8 Å². The minimum atomic E-state index is 0.546. The molecule has 1 N–H and O–H groups in total. The van der Waals surface area contributed by atoms with Gasteiger partial charge in [0.2, 0.25) is 0 Å². The second-order valence-electron chi connectivity index (χ2n) is 4.78. The van der Waals surface area contributed by atoms with Crippen molar-refractivity contribution >= 4 is 5.69 Å². The number of hydrogen-bond acceptors (Lipinski definition) is 4. The van der Waals surface area contributed by atoms with Crippen LogP contribution in [0.4, 0.5) is 5.69 Å². The van der Waals surface area contributed by atoms with E-state index in [0.717, 1.165) is 23.7 Å². The number of nitrogens with one attached hydrogen (secondary N) is 1. The number of nitriles is 1. The second-order valence-corrected chi connectivity index (χ2v) is 4.78. The van der Waals surface area contributed by atoms with E-state index < -0.39 is 0 Å². The van der Waals surface area contributed by atoms with Crippen molar-refractivity contribution in [2.24, 2.45) is 5.92 Å². The van der Waals surface area contributed by atoms with Crippen molar-refractivity contribution in [3.63, 3.8) is 0 Å². The summed E-state index contributed by atoms with van der Waals surface area (Å²) >= 11 is 0. The van der Waals surface area contributed by atoms with Gasteiger partial charge in [0.05, 0.1) is 23.6 Å². The van der Waals surface area contributed by atoms with Crippen LogP contribution in [-0.2, 0) is 4.74 Å². The quantitative estimate of drug-likeness (QED) is 0.785. The molecule has 0 atom stereocenters. The summed E-state index contributed by atoms with van der Waals surface area (Å²) in [6.07, 6.45) is 0. The Morgan fingerprint density at radius 1 is 1.44 bits per heavy atom. The van der Waals surface area contributed by atoms with E-state index >= 15 is 0 Å². The van der Waals surface area contributed by atoms with Crippen molar-refractivity contribution in [2.75, 3.05) is 25.1 Å². The first-order valence-corrected chi connectivity index (χ1v) is 6.24. The van der Waals surface area contributed by atoms with Gasteiger partial charge in [-0.3, -0.25) is 4.98 Å². The van der Waals surface area contributed by atoms with Crippen LogP contribution in [0.15, 0.2) is 6.07 Å². The van der Waals surface area contributed by atoms with Crippen molar-refractivity contribution < 1.29 is 4.74 Å². The predicted molar refractivity (Wildman–Crippen MR) is 72.6 cm³/mol. The lowest BCUT2D eigenvalue weighted by Gasteiger charge is -2.11. The summed E-state index contributed by atoms with van der Waals surface area (Å²) in [5, 5.41) is 12.3. The molecule has 0 aliphatic rings. The molecule has 1 aromatic heterocycles. The first kappa shape index (κ1) is 14.5. The number of anilines is 1. The first-order valence-electron chi connectivity index (χ1n) is 6.24. The Labute approximate surface area is 109 Å². The van der Waals surface area contributed by atoms with E-state index in [1.54, 1.807) is 0 Å². The number of nitrogens with zero attached hydrogens (tertiary/aromatic N) is 2. The van der Waals surface area contributed by atoms with E-state index in [4.69, 9.17) is 10.00 Å². The summed E-state index contributed by atoms with van der Waals surface area (Å²) in [5.74, 6) is 0.546. The highest BCUT2D eigenvalue weighted by Crippen LogP contribution is 2.18. The maximum Gasteiger partial charge on any atom is 0.103 e. The molecule has 0 radical (unpaired) electrons. The van der Waals surface area contributed by atoms with Crippen molar-refractivity contribution in [3.8, 4) is 6.07 Å². The molecule has 0 fully saturated rings. The van der Waals surface area contributed by atoms with Crippen LogP contribution in [0.5, 0.6) is 0 Å². The minimum Gasteiger partial charge on any atom is -0.382 e. The lowest BCUT2D eigenvalue weighted by molar-refractivity contribution is 0.118. The molecule has 0 saturated carbocycles. The zero-order chi connectivity index (χ0) is 13.5. The summed E-state index contributed by atoms with van der Waals surface area (Å²) in [6, 6.07) is 4.08. The molecule has 0 aliphatic carbocycles. The second kappa shape index (κ2) is 6.97. The van der Waals surface area contributed by atoms with E-state index in [1.807, 2.05) is 19.9 Å². The van der Waals surface area contributed by atoms with E-state index in [0.29, 0.717) is 24.6 Å². The van der Waals surface area contributed by atoms with Gasteiger partial charge in [-0.15, -0.1) is 0 Å². The van der Waals surface area contributed by atoms with Gasteiger partial charge < -0.3 is 10.1 Å². The average Bonchev–Trinajstić information content (AvgIpc) is 2.27. The van der Waals surface area contributed by atoms with Crippen LogP contribution in [0.3, 0.4) is 0 Å². The number of aryl methyl sites for hydroxylation is 2. The van der Waals surface area contributed by atoms with Gasteiger partial charge in [0.15, 0.2) is 0 Å². The molecular weight excluding hydrogens is 226 g/mol. The molecule has 1 heterocycles. The van der Waals surface area contributed by atoms with Crippen LogP contribution in [0, 0.1) is 31.1 Å². The number of ether oxygens (including phenoxy) is 1. The topological polar surface area (TPSA) is 57.9 Å². The third kappa shape index (κ3) is 4.34. The summed E-state index contributed by atoms with van der Waals surface area (Å²) in [6.45, 7) is 10.1. The van der Waals surface area contributed by atoms with Crippen molar-refractivity contribution in [1.29, 1.82) is 5.26 Å². The van der Waals surface area contributed by atoms with Gasteiger partial charge in [-0.2, -0.15) is 5.26 Å². The maximum atomic E-state index is 9.10. The predicted octanol–water partition coefficient (Wildman–Crippen LogP) is 2.65. The molecular formula is C14H21N3O. The highest BCUT2D eigenvalue weighted by Gasteiger charge is 2.07. The number of pyridine rings is 1. The zero-order valence-electron chi connectivity index (χ0n) is 11.6. The third-order valence-electron chi connectivity index (χ3n) is 2.45. The summed E-state index contributed by atoms with van der Waals surface area (Å²) in [4.78, 5) is 4.28. The van der Waals surface area contributed by atoms with Gasteiger partial charge in [-0.1, -0.05) is 13.8 Å². The standard InChI is InChI=1S/C14H21N3O/c1-10(2)9-18-6-5-16-14-7-11(3)17-12(4)13(14)8-15/h7,10H,5-6,9H2,1-4H3,(H,16,17). The lowest BCUT2D eigenvalue weighted by atomic mass is 10.1. The Morgan fingerprint density at radius 3 is 2.78 bits per heavy atom. The highest BCUT2D eigenvalue weighted by atomic mass is 16.5. The fourth-order valence-electron chi connectivity index (χ4n) is 1.69. The Balaban J connectivity index is 2.54. The number of hydrogen-bond donors (Lipinski definition) is 1. The largest absolute Gasteiger partial charge is 0.382 e. The Kier molecular flexibility index (Phi) is 5.60. The van der Waals surface area contributed by atoms with Crippen LogP contribution in [0.2, 0.25) is 0 Å². The molecule has 0 aliphatic heterocycles. The van der Waals surface area contributed by atoms with E-state index in [2.05, 4.69) is 30.2 Å². The van der Waals surface area contributed by atoms with Crippen molar-refractivity contribution in [1.82, 2.24) is 4.98 Å². The van der Waals surface area contributed by atoms with E-state index in [9.17, 15) is 0 Å². The molecule has 1 rings (SSSR count). The minimum absolute atomic E-state index is 0.546. The SMILES string of the molecule is Cc1cc(NCCOCC(C)C)c(C#N)c(C)n1. The smallest absolute Gasteiger partial charge is 0.103 e. The third-order valence-corrected chi connectivity index (χ3v) is 2.45. The molecule has 98 valence electrons. The summed E-state index contributed by atoms with van der Waals surface area (Å²) in [7, 11) is 0. The summed E-state index contributed by atoms with van der Waals surface area (Å²) in [5.41, 5.74) is 3.14. The molecule has 0 amide bonds. The summed E-state index contributed by atoms with van der Waals surface area (Å²) < 4.78 is 5.49. The van der Waals surface area contributed by atoms with Crippen molar-refractivity contribution in [2.45, 2.75) is 27.7 Å². The van der Waals surface area contributed by atoms with Crippen LogP contribution in [0.1, 0.15) is 30.8 Å². The van der Waals surface area contributed by atoms with Crippen LogP contribution >= 0.6 is 0 Å². The monoisotopic (exact) mass is 247 g/mol. The molecule has 4 heteroatoms. The Hall–Kier alpha value is -1.60. The Morgan fingerprint density at radius 2 is 2.17 bits per heavy atom. The maximum absolute atomic E-state index is 9.10. The van der Waals surface area contributed by atoms with Gasteiger partial charge >= 0.3 is 0 Å². The normalized spacial score (nSPS) is 10.4. The Bertz CT molecular complexity index is 435. The van der Waals surface area contributed by atoms with Gasteiger partial charge in [-0.25, -0.2) is 0 Å². The van der Waals surface area contributed by atoms with Crippen LogP contribution in [-0.4, -0.2) is 24.7 Å². The lowest BCUT2D eigenvalue weighted by Crippen LogP contribution is -2.13. The number of aromatic nitrogens is 1. The number of rotatable bonds is 6. The molecule has 0 saturated heterocycles.